The summed E-state index contributed by atoms with van der Waals surface area (Å²) in [6.45, 7) is 7.78. The number of aliphatic hydroxyl groups is 1. The van der Waals surface area contributed by atoms with Crippen molar-refractivity contribution in [1.82, 2.24) is 9.80 Å². The molecule has 2 rings (SSSR count). The molecule has 0 spiro atoms. The van der Waals surface area contributed by atoms with Crippen LogP contribution in [0.4, 0.5) is 4.79 Å². The van der Waals surface area contributed by atoms with Crippen LogP contribution in [-0.4, -0.2) is 66.2 Å². The number of carbonyl (C=O) groups excluding carboxylic acids is 1. The molecule has 1 aromatic rings. The topological polar surface area (TPSA) is 62.2 Å². The quantitative estimate of drug-likeness (QED) is 0.711. The van der Waals surface area contributed by atoms with Crippen LogP contribution >= 0.6 is 27.5 Å². The van der Waals surface area contributed by atoms with Crippen LogP contribution in [0.5, 0.6) is 0 Å². The van der Waals surface area contributed by atoms with E-state index < -0.39 is 11.9 Å². The highest BCUT2D eigenvalue weighted by Gasteiger charge is 2.33. The first-order chi connectivity index (χ1) is 12.1. The van der Waals surface area contributed by atoms with Gasteiger partial charge in [0.15, 0.2) is 6.29 Å². The molecule has 1 N–H and O–H groups in total. The summed E-state index contributed by atoms with van der Waals surface area (Å²) in [5, 5.41) is 11.0. The molecular formula is C18H26BrClN2O4. The van der Waals surface area contributed by atoms with Crippen molar-refractivity contribution in [1.29, 1.82) is 0 Å². The zero-order chi connectivity index (χ0) is 19.5. The number of piperazine rings is 1. The number of methoxy groups -OCH3 is 1. The van der Waals surface area contributed by atoms with Crippen molar-refractivity contribution in [3.05, 3.63) is 33.3 Å². The van der Waals surface area contributed by atoms with Gasteiger partial charge in [0.1, 0.15) is 5.60 Å². The van der Waals surface area contributed by atoms with E-state index in [-0.39, 0.29) is 12.1 Å². The minimum Gasteiger partial charge on any atom is -0.444 e. The highest BCUT2D eigenvalue weighted by Crippen LogP contribution is 2.31. The molecule has 1 saturated heterocycles. The van der Waals surface area contributed by atoms with E-state index >= 15 is 0 Å². The molecular weight excluding hydrogens is 424 g/mol. The Hall–Kier alpha value is -0.860. The third-order valence-corrected chi connectivity index (χ3v) is 5.39. The third kappa shape index (κ3) is 5.57. The largest absolute Gasteiger partial charge is 0.444 e. The van der Waals surface area contributed by atoms with E-state index in [1.807, 2.05) is 39.0 Å². The minimum atomic E-state index is -1.000. The van der Waals surface area contributed by atoms with E-state index in [9.17, 15) is 9.90 Å². The van der Waals surface area contributed by atoms with Crippen LogP contribution in [0.3, 0.4) is 0 Å². The molecule has 1 aliphatic rings. The summed E-state index contributed by atoms with van der Waals surface area (Å²) >= 11 is 9.59. The van der Waals surface area contributed by atoms with Gasteiger partial charge in [0.05, 0.1) is 11.1 Å². The lowest BCUT2D eigenvalue weighted by atomic mass is 10.0. The summed E-state index contributed by atoms with van der Waals surface area (Å²) in [5.41, 5.74) is 0.343. The number of hydrogen-bond acceptors (Lipinski definition) is 5. The van der Waals surface area contributed by atoms with Gasteiger partial charge in [0.25, 0.3) is 0 Å². The lowest BCUT2D eigenvalue weighted by molar-refractivity contribution is -0.132. The molecule has 0 saturated carbocycles. The van der Waals surface area contributed by atoms with Crippen LogP contribution in [0, 0.1) is 0 Å². The number of halogens is 2. The Balaban J connectivity index is 2.09. The average molecular weight is 450 g/mol. The summed E-state index contributed by atoms with van der Waals surface area (Å²) < 4.78 is 11.4. The van der Waals surface area contributed by atoms with Crippen molar-refractivity contribution in [2.45, 2.75) is 38.7 Å². The fourth-order valence-corrected chi connectivity index (χ4v) is 3.33. The predicted octanol–water partition coefficient (Wildman–Crippen LogP) is 3.66. The SMILES string of the molecule is COC(O)C(c1ccc(Br)c(Cl)c1)N1CCN(C(=O)OC(C)(C)C)CC1. The first-order valence-electron chi connectivity index (χ1n) is 8.50. The van der Waals surface area contributed by atoms with Gasteiger partial charge in [-0.25, -0.2) is 4.79 Å². The first-order valence-corrected chi connectivity index (χ1v) is 9.67. The second kappa shape index (κ2) is 8.89. The second-order valence-electron chi connectivity index (χ2n) is 7.25. The van der Waals surface area contributed by atoms with Crippen LogP contribution in [0.15, 0.2) is 22.7 Å². The van der Waals surface area contributed by atoms with Gasteiger partial charge >= 0.3 is 6.09 Å². The molecule has 0 radical (unpaired) electrons. The Morgan fingerprint density at radius 3 is 2.38 bits per heavy atom. The molecule has 1 amide bonds. The monoisotopic (exact) mass is 448 g/mol. The van der Waals surface area contributed by atoms with Crippen molar-refractivity contribution in [3.8, 4) is 0 Å². The fourth-order valence-electron chi connectivity index (χ4n) is 2.89. The van der Waals surface area contributed by atoms with Crippen LogP contribution in [0.25, 0.3) is 0 Å². The number of hydrogen-bond donors (Lipinski definition) is 1. The third-order valence-electron chi connectivity index (χ3n) is 4.16. The predicted molar refractivity (Wildman–Crippen MR) is 104 cm³/mol. The van der Waals surface area contributed by atoms with Crippen LogP contribution in [0.1, 0.15) is 32.4 Å². The molecule has 2 atom stereocenters. The van der Waals surface area contributed by atoms with Crippen LogP contribution < -0.4 is 0 Å². The Morgan fingerprint density at radius 1 is 1.27 bits per heavy atom. The molecule has 0 bridgehead atoms. The van der Waals surface area contributed by atoms with Gasteiger partial charge in [0.2, 0.25) is 0 Å². The van der Waals surface area contributed by atoms with E-state index in [4.69, 9.17) is 21.1 Å². The van der Waals surface area contributed by atoms with Gasteiger partial charge in [0, 0.05) is 37.8 Å². The maximum absolute atomic E-state index is 12.2. The van der Waals surface area contributed by atoms with Crippen LogP contribution in [-0.2, 0) is 9.47 Å². The molecule has 1 aromatic carbocycles. The Bertz CT molecular complexity index is 630. The number of rotatable bonds is 4. The molecule has 0 aliphatic carbocycles. The van der Waals surface area contributed by atoms with Crippen molar-refractivity contribution >= 4 is 33.6 Å². The Morgan fingerprint density at radius 2 is 1.88 bits per heavy atom. The van der Waals surface area contributed by atoms with Gasteiger partial charge in [-0.1, -0.05) is 17.7 Å². The number of nitrogens with zero attached hydrogens (tertiary/aromatic N) is 2. The summed E-state index contributed by atoms with van der Waals surface area (Å²) in [6, 6.07) is 5.21. The highest BCUT2D eigenvalue weighted by atomic mass is 79.9. The molecule has 8 heteroatoms. The highest BCUT2D eigenvalue weighted by molar-refractivity contribution is 9.10. The van der Waals surface area contributed by atoms with E-state index in [1.165, 1.54) is 7.11 Å². The van der Waals surface area contributed by atoms with Crippen LogP contribution in [0.2, 0.25) is 5.02 Å². The lowest BCUT2D eigenvalue weighted by Gasteiger charge is -2.40. The summed E-state index contributed by atoms with van der Waals surface area (Å²) in [7, 11) is 1.47. The molecule has 146 valence electrons. The zero-order valence-corrected chi connectivity index (χ0v) is 17.9. The van der Waals surface area contributed by atoms with Gasteiger partial charge in [-0.15, -0.1) is 0 Å². The first kappa shape index (κ1) is 21.4. The summed E-state index contributed by atoms with van der Waals surface area (Å²) in [5.74, 6) is 0. The Kier molecular flexibility index (Phi) is 7.33. The molecule has 0 aromatic heterocycles. The van der Waals surface area contributed by atoms with Crippen molar-refractivity contribution in [2.75, 3.05) is 33.3 Å². The lowest BCUT2D eigenvalue weighted by Crippen LogP contribution is -2.52. The smallest absolute Gasteiger partial charge is 0.410 e. The average Bonchev–Trinajstić information content (AvgIpc) is 2.57. The van der Waals surface area contributed by atoms with E-state index in [0.29, 0.717) is 31.2 Å². The molecule has 2 unspecified atom stereocenters. The van der Waals surface area contributed by atoms with Gasteiger partial charge < -0.3 is 19.5 Å². The minimum absolute atomic E-state index is 0.312. The fraction of sp³-hybridized carbons (Fsp3) is 0.611. The standard InChI is InChI=1S/C18H26BrClN2O4/c1-18(2,3)26-17(24)22-9-7-21(8-10-22)15(16(23)25-4)12-5-6-13(19)14(20)11-12/h5-6,11,15-16,23H,7-10H2,1-4H3. The van der Waals surface area contributed by atoms with Crippen molar-refractivity contribution < 1.29 is 19.4 Å². The van der Waals surface area contributed by atoms with Crippen molar-refractivity contribution in [2.24, 2.45) is 0 Å². The number of ether oxygens (including phenoxy) is 2. The molecule has 1 fully saturated rings. The maximum Gasteiger partial charge on any atom is 0.410 e. The molecule has 26 heavy (non-hydrogen) atoms. The van der Waals surface area contributed by atoms with E-state index in [1.54, 1.807) is 4.90 Å². The van der Waals surface area contributed by atoms with Crippen molar-refractivity contribution in [3.63, 3.8) is 0 Å². The molecule has 1 heterocycles. The summed E-state index contributed by atoms with van der Waals surface area (Å²) in [6.07, 6.45) is -1.31. The number of benzene rings is 1. The molecule has 6 nitrogen and oxygen atoms in total. The van der Waals surface area contributed by atoms with Gasteiger partial charge in [-0.3, -0.25) is 4.90 Å². The zero-order valence-electron chi connectivity index (χ0n) is 15.5. The number of amides is 1. The van der Waals surface area contributed by atoms with E-state index in [2.05, 4.69) is 20.8 Å². The van der Waals surface area contributed by atoms with Gasteiger partial charge in [-0.2, -0.15) is 0 Å². The molecule has 1 aliphatic heterocycles. The van der Waals surface area contributed by atoms with E-state index in [0.717, 1.165) is 10.0 Å². The second-order valence-corrected chi connectivity index (χ2v) is 8.51. The maximum atomic E-state index is 12.2. The number of aliphatic hydroxyl groups excluding tert-OH is 1. The Labute approximate surface area is 168 Å². The number of carbonyl (C=O) groups is 1. The van der Waals surface area contributed by atoms with Gasteiger partial charge in [-0.05, 0) is 54.4 Å². The normalized spacial score (nSPS) is 18.5. The summed E-state index contributed by atoms with van der Waals surface area (Å²) in [4.78, 5) is 16.0.